The van der Waals surface area contributed by atoms with Crippen LogP contribution in [0.5, 0.6) is 0 Å². The SMILES string of the molecule is CC(C)C1(Cc2ccccc2)NC(=O)N(c2cc(F)ccc2Cl)C1=O. The van der Waals surface area contributed by atoms with Crippen molar-refractivity contribution >= 4 is 29.2 Å². The minimum absolute atomic E-state index is 0.0553. The Kier molecular flexibility index (Phi) is 4.52. The van der Waals surface area contributed by atoms with Crippen LogP contribution >= 0.6 is 11.6 Å². The highest BCUT2D eigenvalue weighted by molar-refractivity contribution is 6.36. The van der Waals surface area contributed by atoms with Crippen LogP contribution in [0.3, 0.4) is 0 Å². The maximum Gasteiger partial charge on any atom is 0.329 e. The summed E-state index contributed by atoms with van der Waals surface area (Å²) < 4.78 is 13.6. The summed E-state index contributed by atoms with van der Waals surface area (Å²) in [5.41, 5.74) is -0.120. The average Bonchev–Trinajstić information content (AvgIpc) is 2.82. The van der Waals surface area contributed by atoms with Gasteiger partial charge in [0.25, 0.3) is 5.91 Å². The maximum absolute atomic E-state index is 13.6. The number of benzene rings is 2. The third-order valence-electron chi connectivity index (χ3n) is 4.58. The average molecular weight is 361 g/mol. The van der Waals surface area contributed by atoms with Gasteiger partial charge in [-0.25, -0.2) is 14.1 Å². The number of imide groups is 1. The fourth-order valence-electron chi connectivity index (χ4n) is 3.10. The second-order valence-electron chi connectivity index (χ2n) is 6.45. The van der Waals surface area contributed by atoms with Crippen molar-refractivity contribution in [3.63, 3.8) is 0 Å². The van der Waals surface area contributed by atoms with Crippen LogP contribution in [0.1, 0.15) is 19.4 Å². The molecule has 0 saturated carbocycles. The minimum Gasteiger partial charge on any atom is -0.322 e. The molecule has 0 bridgehead atoms. The van der Waals surface area contributed by atoms with Crippen LogP contribution in [-0.4, -0.2) is 17.5 Å². The van der Waals surface area contributed by atoms with Crippen LogP contribution < -0.4 is 10.2 Å². The number of hydrogen-bond donors (Lipinski definition) is 1. The largest absolute Gasteiger partial charge is 0.329 e. The van der Waals surface area contributed by atoms with Gasteiger partial charge in [0.05, 0.1) is 10.7 Å². The Balaban J connectivity index is 2.04. The van der Waals surface area contributed by atoms with Gasteiger partial charge in [0.1, 0.15) is 11.4 Å². The number of carbonyl (C=O) groups is 2. The highest BCUT2D eigenvalue weighted by Gasteiger charge is 2.54. The van der Waals surface area contributed by atoms with E-state index in [1.807, 2.05) is 44.2 Å². The molecule has 1 N–H and O–H groups in total. The lowest BCUT2D eigenvalue weighted by atomic mass is 9.80. The summed E-state index contributed by atoms with van der Waals surface area (Å²) in [5, 5.41) is 2.96. The summed E-state index contributed by atoms with van der Waals surface area (Å²) in [6.07, 6.45) is 0.347. The quantitative estimate of drug-likeness (QED) is 0.832. The molecular weight excluding hydrogens is 343 g/mol. The number of halogens is 2. The van der Waals surface area contributed by atoms with E-state index in [2.05, 4.69) is 5.32 Å². The summed E-state index contributed by atoms with van der Waals surface area (Å²) in [6.45, 7) is 3.75. The highest BCUT2D eigenvalue weighted by Crippen LogP contribution is 2.36. The molecule has 1 aliphatic rings. The second-order valence-corrected chi connectivity index (χ2v) is 6.86. The summed E-state index contributed by atoms with van der Waals surface area (Å²) in [5.74, 6) is -1.16. The fourth-order valence-corrected chi connectivity index (χ4v) is 3.30. The first-order valence-electron chi connectivity index (χ1n) is 8.01. The van der Waals surface area contributed by atoms with Crippen LogP contribution in [0.2, 0.25) is 5.02 Å². The maximum atomic E-state index is 13.6. The van der Waals surface area contributed by atoms with Gasteiger partial charge in [0, 0.05) is 6.42 Å². The standard InChI is InChI=1S/C19H18ClFN2O2/c1-12(2)19(11-13-6-4-3-5-7-13)17(24)23(18(25)22-19)16-10-14(21)8-9-15(16)20/h3-10,12H,11H2,1-2H3,(H,22,25). The third kappa shape index (κ3) is 3.00. The number of carbonyl (C=O) groups excluding carboxylic acids is 2. The summed E-state index contributed by atoms with van der Waals surface area (Å²) in [6, 6.07) is 12.5. The molecule has 1 saturated heterocycles. The molecule has 0 aromatic heterocycles. The smallest absolute Gasteiger partial charge is 0.322 e. The molecule has 1 unspecified atom stereocenters. The normalized spacial score (nSPS) is 20.3. The van der Waals surface area contributed by atoms with Gasteiger partial charge in [-0.3, -0.25) is 4.79 Å². The van der Waals surface area contributed by atoms with Crippen LogP contribution in [0.25, 0.3) is 0 Å². The molecule has 1 heterocycles. The first-order valence-corrected chi connectivity index (χ1v) is 8.38. The van der Waals surface area contributed by atoms with Gasteiger partial charge in [0.2, 0.25) is 0 Å². The Bertz CT molecular complexity index is 825. The fraction of sp³-hybridized carbons (Fsp3) is 0.263. The van der Waals surface area contributed by atoms with Gasteiger partial charge in [-0.15, -0.1) is 0 Å². The summed E-state index contributed by atoms with van der Waals surface area (Å²) >= 11 is 6.10. The molecule has 0 aliphatic carbocycles. The third-order valence-corrected chi connectivity index (χ3v) is 4.90. The Labute approximate surface area is 150 Å². The predicted molar refractivity (Wildman–Crippen MR) is 95.1 cm³/mol. The molecular formula is C19H18ClFN2O2. The number of urea groups is 1. The highest BCUT2D eigenvalue weighted by atomic mass is 35.5. The molecule has 3 amide bonds. The van der Waals surface area contributed by atoms with E-state index in [1.54, 1.807) is 0 Å². The Morgan fingerprint density at radius 2 is 1.84 bits per heavy atom. The van der Waals surface area contributed by atoms with Crippen LogP contribution in [-0.2, 0) is 11.2 Å². The molecule has 3 rings (SSSR count). The number of nitrogens with zero attached hydrogens (tertiary/aromatic N) is 1. The second kappa shape index (κ2) is 6.48. The molecule has 25 heavy (non-hydrogen) atoms. The number of anilines is 1. The van der Waals surface area contributed by atoms with E-state index < -0.39 is 23.3 Å². The molecule has 0 spiro atoms. The van der Waals surface area contributed by atoms with Crippen molar-refractivity contribution < 1.29 is 14.0 Å². The Morgan fingerprint density at radius 1 is 1.16 bits per heavy atom. The number of rotatable bonds is 4. The van der Waals surface area contributed by atoms with Gasteiger partial charge in [-0.05, 0) is 29.7 Å². The molecule has 1 fully saturated rings. The van der Waals surface area contributed by atoms with Crippen molar-refractivity contribution in [3.8, 4) is 0 Å². The first-order chi connectivity index (χ1) is 11.8. The molecule has 1 aliphatic heterocycles. The molecule has 2 aromatic carbocycles. The van der Waals surface area contributed by atoms with E-state index in [9.17, 15) is 14.0 Å². The van der Waals surface area contributed by atoms with Crippen LogP contribution in [0.4, 0.5) is 14.9 Å². The van der Waals surface area contributed by atoms with Crippen molar-refractivity contribution in [1.82, 2.24) is 5.32 Å². The lowest BCUT2D eigenvalue weighted by Crippen LogP contribution is -2.53. The molecule has 6 heteroatoms. The summed E-state index contributed by atoms with van der Waals surface area (Å²) in [7, 11) is 0. The van der Waals surface area contributed by atoms with E-state index in [-0.39, 0.29) is 16.6 Å². The van der Waals surface area contributed by atoms with E-state index >= 15 is 0 Å². The number of nitrogens with one attached hydrogen (secondary N) is 1. The van der Waals surface area contributed by atoms with Crippen molar-refractivity contribution in [1.29, 1.82) is 0 Å². The number of hydrogen-bond acceptors (Lipinski definition) is 2. The molecule has 4 nitrogen and oxygen atoms in total. The van der Waals surface area contributed by atoms with Crippen molar-refractivity contribution in [2.45, 2.75) is 25.8 Å². The molecule has 0 radical (unpaired) electrons. The molecule has 1 atom stereocenters. The lowest BCUT2D eigenvalue weighted by molar-refractivity contribution is -0.123. The van der Waals surface area contributed by atoms with Crippen molar-refractivity contribution in [2.75, 3.05) is 4.90 Å². The van der Waals surface area contributed by atoms with E-state index in [0.29, 0.717) is 6.42 Å². The van der Waals surface area contributed by atoms with Crippen molar-refractivity contribution in [3.05, 3.63) is 64.9 Å². The summed E-state index contributed by atoms with van der Waals surface area (Å²) in [4.78, 5) is 26.7. The van der Waals surface area contributed by atoms with Gasteiger partial charge < -0.3 is 5.32 Å². The van der Waals surface area contributed by atoms with E-state index in [1.165, 1.54) is 12.1 Å². The van der Waals surface area contributed by atoms with Gasteiger partial charge in [-0.1, -0.05) is 55.8 Å². The zero-order valence-corrected chi connectivity index (χ0v) is 14.7. The van der Waals surface area contributed by atoms with E-state index in [0.717, 1.165) is 16.5 Å². The van der Waals surface area contributed by atoms with Crippen molar-refractivity contribution in [2.24, 2.45) is 5.92 Å². The lowest BCUT2D eigenvalue weighted by Gasteiger charge is -2.31. The molecule has 2 aromatic rings. The van der Waals surface area contributed by atoms with E-state index in [4.69, 9.17) is 11.6 Å². The minimum atomic E-state index is -1.10. The predicted octanol–water partition coefficient (Wildman–Crippen LogP) is 4.17. The van der Waals surface area contributed by atoms with Gasteiger partial charge in [-0.2, -0.15) is 0 Å². The van der Waals surface area contributed by atoms with Crippen LogP contribution in [0.15, 0.2) is 48.5 Å². The Hall–Kier alpha value is -2.40. The van der Waals surface area contributed by atoms with Gasteiger partial charge >= 0.3 is 6.03 Å². The molecule has 130 valence electrons. The van der Waals surface area contributed by atoms with Gasteiger partial charge in [0.15, 0.2) is 0 Å². The zero-order valence-electron chi connectivity index (χ0n) is 13.9. The Morgan fingerprint density at radius 3 is 2.48 bits per heavy atom. The topological polar surface area (TPSA) is 49.4 Å². The number of amides is 3. The first kappa shape index (κ1) is 17.4. The monoisotopic (exact) mass is 360 g/mol. The zero-order chi connectivity index (χ0) is 18.2. The van der Waals surface area contributed by atoms with Crippen LogP contribution in [0, 0.1) is 11.7 Å².